The van der Waals surface area contributed by atoms with Crippen molar-refractivity contribution in [1.29, 1.82) is 0 Å². The molecule has 0 radical (unpaired) electrons. The molecular formula is C21H16FNO6S. The lowest BCUT2D eigenvalue weighted by molar-refractivity contribution is -0.145. The van der Waals surface area contributed by atoms with Crippen LogP contribution in [0.1, 0.15) is 22.8 Å². The predicted molar refractivity (Wildman–Crippen MR) is 107 cm³/mol. The summed E-state index contributed by atoms with van der Waals surface area (Å²) in [5.41, 5.74) is 0.800. The monoisotopic (exact) mass is 429 g/mol. The van der Waals surface area contributed by atoms with Gasteiger partial charge in [0, 0.05) is 0 Å². The molecule has 0 aromatic heterocycles. The molecule has 1 aliphatic rings. The molecule has 2 aromatic rings. The molecule has 0 aliphatic carbocycles. The molecule has 0 spiro atoms. The van der Waals surface area contributed by atoms with E-state index in [9.17, 15) is 23.6 Å². The van der Waals surface area contributed by atoms with Gasteiger partial charge < -0.3 is 9.47 Å². The standard InChI is InChI=1S/C21H16FNO6S/c1-2-28-18(24)12-23-19(25)17(30-21(23)27)11-13-3-9-16(10-4-13)29-20(26)14-5-7-15(22)8-6-14/h3-11H,2,12H2,1H3/b17-11-. The molecule has 0 bridgehead atoms. The zero-order valence-electron chi connectivity index (χ0n) is 15.8. The van der Waals surface area contributed by atoms with Crippen molar-refractivity contribution in [2.45, 2.75) is 6.92 Å². The summed E-state index contributed by atoms with van der Waals surface area (Å²) in [4.78, 5) is 49.0. The molecule has 0 atom stereocenters. The molecule has 1 fully saturated rings. The Morgan fingerprint density at radius 3 is 2.37 bits per heavy atom. The molecule has 2 amide bonds. The summed E-state index contributed by atoms with van der Waals surface area (Å²) in [5, 5.41) is -0.552. The second-order valence-electron chi connectivity index (χ2n) is 6.04. The van der Waals surface area contributed by atoms with Crippen LogP contribution in [0.3, 0.4) is 0 Å². The number of rotatable bonds is 6. The highest BCUT2D eigenvalue weighted by atomic mass is 32.2. The summed E-state index contributed by atoms with van der Waals surface area (Å²) in [7, 11) is 0. The fourth-order valence-corrected chi connectivity index (χ4v) is 3.35. The minimum absolute atomic E-state index is 0.156. The SMILES string of the molecule is CCOC(=O)CN1C(=O)S/C(=C\c2ccc(OC(=O)c3ccc(F)cc3)cc2)C1=O. The zero-order valence-corrected chi connectivity index (χ0v) is 16.6. The third kappa shape index (κ3) is 5.12. The number of carbonyl (C=O) groups is 4. The second-order valence-corrected chi connectivity index (χ2v) is 7.03. The summed E-state index contributed by atoms with van der Waals surface area (Å²) in [6.07, 6.45) is 1.50. The normalized spacial score (nSPS) is 14.9. The van der Waals surface area contributed by atoms with Crippen LogP contribution in [0.4, 0.5) is 9.18 Å². The molecule has 1 saturated heterocycles. The van der Waals surface area contributed by atoms with Gasteiger partial charge in [-0.3, -0.25) is 19.3 Å². The summed E-state index contributed by atoms with van der Waals surface area (Å²) in [6, 6.07) is 11.2. The van der Waals surface area contributed by atoms with E-state index >= 15 is 0 Å². The molecule has 30 heavy (non-hydrogen) atoms. The highest BCUT2D eigenvalue weighted by molar-refractivity contribution is 8.18. The Morgan fingerprint density at radius 1 is 1.07 bits per heavy atom. The fraction of sp³-hybridized carbons (Fsp3) is 0.143. The number of halogens is 1. The quantitative estimate of drug-likeness (QED) is 0.393. The van der Waals surface area contributed by atoms with Crippen molar-refractivity contribution in [2.24, 2.45) is 0 Å². The number of carbonyl (C=O) groups excluding carboxylic acids is 4. The van der Waals surface area contributed by atoms with Crippen molar-refractivity contribution < 1.29 is 33.0 Å². The van der Waals surface area contributed by atoms with E-state index < -0.39 is 35.4 Å². The van der Waals surface area contributed by atoms with Crippen LogP contribution in [0.2, 0.25) is 0 Å². The van der Waals surface area contributed by atoms with E-state index in [1.165, 1.54) is 30.3 Å². The van der Waals surface area contributed by atoms with Crippen LogP contribution < -0.4 is 4.74 Å². The number of hydrogen-bond acceptors (Lipinski definition) is 7. The topological polar surface area (TPSA) is 90.0 Å². The van der Waals surface area contributed by atoms with Crippen LogP contribution in [-0.2, 0) is 14.3 Å². The maximum Gasteiger partial charge on any atom is 0.343 e. The zero-order chi connectivity index (χ0) is 21.7. The van der Waals surface area contributed by atoms with Crippen molar-refractivity contribution in [3.63, 3.8) is 0 Å². The lowest BCUT2D eigenvalue weighted by Crippen LogP contribution is -2.34. The number of hydrogen-bond donors (Lipinski definition) is 0. The van der Waals surface area contributed by atoms with Gasteiger partial charge in [-0.05, 0) is 66.7 Å². The van der Waals surface area contributed by atoms with Gasteiger partial charge in [-0.25, -0.2) is 9.18 Å². The van der Waals surface area contributed by atoms with Crippen molar-refractivity contribution >= 4 is 40.9 Å². The van der Waals surface area contributed by atoms with Crippen molar-refractivity contribution in [3.05, 3.63) is 70.4 Å². The van der Waals surface area contributed by atoms with Gasteiger partial charge in [0.1, 0.15) is 18.1 Å². The van der Waals surface area contributed by atoms with Gasteiger partial charge in [-0.15, -0.1) is 0 Å². The molecule has 0 saturated carbocycles. The van der Waals surface area contributed by atoms with E-state index in [0.717, 1.165) is 28.8 Å². The summed E-state index contributed by atoms with van der Waals surface area (Å²) < 4.78 is 22.9. The minimum Gasteiger partial charge on any atom is -0.465 e. The summed E-state index contributed by atoms with van der Waals surface area (Å²) >= 11 is 0.725. The van der Waals surface area contributed by atoms with E-state index in [1.807, 2.05) is 0 Å². The largest absolute Gasteiger partial charge is 0.465 e. The van der Waals surface area contributed by atoms with Gasteiger partial charge >= 0.3 is 11.9 Å². The average molecular weight is 429 g/mol. The Kier molecular flexibility index (Phi) is 6.63. The van der Waals surface area contributed by atoms with Crippen molar-refractivity contribution in [3.8, 4) is 5.75 Å². The summed E-state index contributed by atoms with van der Waals surface area (Å²) in [6.45, 7) is 1.35. The first-order chi connectivity index (χ1) is 14.4. The van der Waals surface area contributed by atoms with E-state index in [-0.39, 0.29) is 22.8 Å². The van der Waals surface area contributed by atoms with Crippen LogP contribution in [0.15, 0.2) is 53.4 Å². The number of benzene rings is 2. The molecule has 2 aromatic carbocycles. The Hall–Kier alpha value is -3.46. The maximum absolute atomic E-state index is 12.9. The van der Waals surface area contributed by atoms with Crippen molar-refractivity contribution in [2.75, 3.05) is 13.2 Å². The number of amides is 2. The van der Waals surface area contributed by atoms with Gasteiger partial charge in [-0.1, -0.05) is 12.1 Å². The molecule has 0 unspecified atom stereocenters. The number of imide groups is 1. The van der Waals surface area contributed by atoms with Crippen molar-refractivity contribution in [1.82, 2.24) is 4.90 Å². The highest BCUT2D eigenvalue weighted by Gasteiger charge is 2.36. The number of esters is 2. The first-order valence-electron chi connectivity index (χ1n) is 8.86. The predicted octanol–water partition coefficient (Wildman–Crippen LogP) is 3.64. The van der Waals surface area contributed by atoms with Gasteiger partial charge in [-0.2, -0.15) is 0 Å². The van der Waals surface area contributed by atoms with Gasteiger partial charge in [0.05, 0.1) is 17.1 Å². The van der Waals surface area contributed by atoms with Crippen LogP contribution >= 0.6 is 11.8 Å². The lowest BCUT2D eigenvalue weighted by atomic mass is 10.2. The number of ether oxygens (including phenoxy) is 2. The van der Waals surface area contributed by atoms with Gasteiger partial charge in [0.25, 0.3) is 11.1 Å². The Bertz CT molecular complexity index is 1020. The van der Waals surface area contributed by atoms with Gasteiger partial charge in [0.15, 0.2) is 0 Å². The van der Waals surface area contributed by atoms with E-state index in [1.54, 1.807) is 19.1 Å². The Labute approximate surface area is 175 Å². The first kappa shape index (κ1) is 21.3. The molecule has 1 aliphatic heterocycles. The van der Waals surface area contributed by atoms with Crippen LogP contribution in [0.5, 0.6) is 5.75 Å². The molecule has 3 rings (SSSR count). The minimum atomic E-state index is -0.659. The number of nitrogens with zero attached hydrogens (tertiary/aromatic N) is 1. The second kappa shape index (κ2) is 9.36. The lowest BCUT2D eigenvalue weighted by Gasteiger charge is -2.10. The van der Waals surface area contributed by atoms with E-state index in [4.69, 9.17) is 9.47 Å². The van der Waals surface area contributed by atoms with E-state index in [2.05, 4.69) is 0 Å². The Morgan fingerprint density at radius 2 is 1.73 bits per heavy atom. The van der Waals surface area contributed by atoms with Crippen LogP contribution in [-0.4, -0.2) is 41.1 Å². The third-order valence-corrected chi connectivity index (χ3v) is 4.84. The fourth-order valence-electron chi connectivity index (χ4n) is 2.51. The number of thioether (sulfide) groups is 1. The maximum atomic E-state index is 12.9. The Balaban J connectivity index is 1.66. The van der Waals surface area contributed by atoms with Gasteiger partial charge in [0.2, 0.25) is 0 Å². The van der Waals surface area contributed by atoms with E-state index in [0.29, 0.717) is 5.56 Å². The molecular weight excluding hydrogens is 413 g/mol. The highest BCUT2D eigenvalue weighted by Crippen LogP contribution is 2.32. The van der Waals surface area contributed by atoms with Crippen LogP contribution in [0, 0.1) is 5.82 Å². The molecule has 9 heteroatoms. The average Bonchev–Trinajstić information content (AvgIpc) is 2.97. The molecule has 154 valence electrons. The molecule has 1 heterocycles. The summed E-state index contributed by atoms with van der Waals surface area (Å²) in [5.74, 6) is -2.07. The first-order valence-corrected chi connectivity index (χ1v) is 9.68. The molecule has 0 N–H and O–H groups in total. The molecule has 7 nitrogen and oxygen atoms in total. The smallest absolute Gasteiger partial charge is 0.343 e. The van der Waals surface area contributed by atoms with Crippen LogP contribution in [0.25, 0.3) is 6.08 Å². The third-order valence-electron chi connectivity index (χ3n) is 3.93.